The lowest BCUT2D eigenvalue weighted by atomic mass is 10.2. The Bertz CT molecular complexity index is 797. The summed E-state index contributed by atoms with van der Waals surface area (Å²) in [7, 11) is 2.63. The lowest BCUT2D eigenvalue weighted by Gasteiger charge is -2.17. The lowest BCUT2D eigenvalue weighted by molar-refractivity contribution is -0.142. The largest absolute Gasteiger partial charge is 0.513 e. The minimum Gasteiger partial charge on any atom is -0.513 e. The molecule has 0 amide bonds. The summed E-state index contributed by atoms with van der Waals surface area (Å²) in [6.07, 6.45) is 0.592. The van der Waals surface area contributed by atoms with E-state index in [2.05, 4.69) is 25.7 Å². The third kappa shape index (κ3) is 4.13. The van der Waals surface area contributed by atoms with E-state index in [1.54, 1.807) is 18.2 Å². The van der Waals surface area contributed by atoms with Crippen LogP contribution in [0.3, 0.4) is 0 Å². The number of halogens is 3. The van der Waals surface area contributed by atoms with E-state index < -0.39 is 5.97 Å². The topological polar surface area (TPSA) is 71.9 Å². The number of hydrogen-bond donors (Lipinski definition) is 1. The van der Waals surface area contributed by atoms with Gasteiger partial charge in [0.2, 0.25) is 0 Å². The highest BCUT2D eigenvalue weighted by molar-refractivity contribution is 9.11. The Kier molecular flexibility index (Phi) is 6.34. The molecule has 1 heterocycles. The zero-order valence-electron chi connectivity index (χ0n) is 12.4. The maximum absolute atomic E-state index is 11.5. The van der Waals surface area contributed by atoms with Gasteiger partial charge in [0.25, 0.3) is 0 Å². The van der Waals surface area contributed by atoms with E-state index in [1.165, 1.54) is 25.5 Å². The molecular weight excluding hydrogens is 443 g/mol. The highest BCUT2D eigenvalue weighted by Gasteiger charge is 2.20. The van der Waals surface area contributed by atoms with Crippen molar-refractivity contribution >= 4 is 56.4 Å². The highest BCUT2D eigenvalue weighted by Crippen LogP contribution is 2.38. The first-order valence-corrected chi connectivity index (χ1v) is 8.70. The fourth-order valence-electron chi connectivity index (χ4n) is 1.68. The van der Waals surface area contributed by atoms with Crippen LogP contribution in [0.15, 0.2) is 33.9 Å². The summed E-state index contributed by atoms with van der Waals surface area (Å²) in [5.41, 5.74) is 1.17. The van der Waals surface area contributed by atoms with Crippen molar-refractivity contribution < 1.29 is 19.5 Å². The number of carbonyl (C=O) groups is 1. The second-order valence-electron chi connectivity index (χ2n) is 4.33. The summed E-state index contributed by atoms with van der Waals surface area (Å²) >= 11 is 16.5. The molecule has 6 nitrogen and oxygen atoms in total. The van der Waals surface area contributed by atoms with Crippen LogP contribution in [-0.2, 0) is 9.53 Å². The van der Waals surface area contributed by atoms with E-state index in [0.29, 0.717) is 25.8 Å². The first kappa shape index (κ1) is 18.9. The van der Waals surface area contributed by atoms with Crippen molar-refractivity contribution in [2.45, 2.75) is 0 Å². The van der Waals surface area contributed by atoms with E-state index in [-0.39, 0.29) is 10.9 Å². The van der Waals surface area contributed by atoms with Crippen LogP contribution in [0, 0.1) is 0 Å². The van der Waals surface area contributed by atoms with E-state index in [9.17, 15) is 4.79 Å². The molecule has 0 atom stereocenters. The van der Waals surface area contributed by atoms with Gasteiger partial charge in [0.1, 0.15) is 10.0 Å². The van der Waals surface area contributed by atoms with Crippen LogP contribution in [0.5, 0.6) is 5.19 Å². The molecule has 0 spiro atoms. The minimum atomic E-state index is -0.750. The average Bonchev–Trinajstić information content (AvgIpc) is 2.90. The SMILES string of the molecule is COC(=O)/C(=C\O)N(C)Oc1nc(-c2ccc(Cl)c(Cl)c2)c(Br)s1. The molecule has 0 saturated heterocycles. The van der Waals surface area contributed by atoms with Gasteiger partial charge in [-0.1, -0.05) is 40.6 Å². The van der Waals surface area contributed by atoms with Crippen LogP contribution < -0.4 is 4.84 Å². The Labute approximate surface area is 160 Å². The molecule has 0 aliphatic heterocycles. The molecule has 0 saturated carbocycles. The Hall–Kier alpha value is -1.48. The molecule has 2 rings (SSSR count). The van der Waals surface area contributed by atoms with Crippen molar-refractivity contribution in [2.75, 3.05) is 14.2 Å². The van der Waals surface area contributed by atoms with Crippen molar-refractivity contribution in [3.63, 3.8) is 0 Å². The normalized spacial score (nSPS) is 11.3. The van der Waals surface area contributed by atoms with Crippen molar-refractivity contribution in [3.8, 4) is 16.5 Å². The standard InChI is InChI=1S/C14H11BrCl2N2O4S/c1-19(10(6-20)13(21)22-2)23-14-18-11(12(15)24-14)7-3-4-8(16)9(17)5-7/h3-6,20H,1-2H3/b10-6+. The molecule has 1 N–H and O–H groups in total. The summed E-state index contributed by atoms with van der Waals surface area (Å²) in [5, 5.41) is 11.3. The number of nitrogens with zero attached hydrogens (tertiary/aromatic N) is 2. The van der Waals surface area contributed by atoms with Gasteiger partial charge in [-0.25, -0.2) is 4.79 Å². The van der Waals surface area contributed by atoms with Crippen LogP contribution >= 0.6 is 50.5 Å². The van der Waals surface area contributed by atoms with Gasteiger partial charge < -0.3 is 14.7 Å². The summed E-state index contributed by atoms with van der Waals surface area (Å²) in [6.45, 7) is 0. The number of aromatic nitrogens is 1. The second-order valence-corrected chi connectivity index (χ2v) is 7.42. The summed E-state index contributed by atoms with van der Waals surface area (Å²) < 4.78 is 5.25. The van der Waals surface area contributed by atoms with Gasteiger partial charge in [-0.05, 0) is 28.1 Å². The molecule has 128 valence electrons. The zero-order chi connectivity index (χ0) is 17.9. The molecule has 0 radical (unpaired) electrons. The molecule has 10 heteroatoms. The maximum atomic E-state index is 11.5. The zero-order valence-corrected chi connectivity index (χ0v) is 16.3. The third-order valence-corrected chi connectivity index (χ3v) is 5.14. The van der Waals surface area contributed by atoms with Gasteiger partial charge >= 0.3 is 11.2 Å². The number of rotatable bonds is 5. The van der Waals surface area contributed by atoms with Crippen molar-refractivity contribution in [3.05, 3.63) is 44.0 Å². The highest BCUT2D eigenvalue weighted by atomic mass is 79.9. The number of ether oxygens (including phenoxy) is 1. The number of likely N-dealkylation sites (N-methyl/N-ethyl adjacent to an activating group) is 1. The quantitative estimate of drug-likeness (QED) is 0.306. The summed E-state index contributed by atoms with van der Waals surface area (Å²) in [5.74, 6) is -0.750. The Balaban J connectivity index is 2.25. The predicted octanol–water partition coefficient (Wildman–Crippen LogP) is 4.68. The first-order chi connectivity index (χ1) is 11.4. The Morgan fingerprint density at radius 2 is 2.12 bits per heavy atom. The molecule has 0 fully saturated rings. The number of hydroxylamine groups is 2. The van der Waals surface area contributed by atoms with Crippen LogP contribution in [0.25, 0.3) is 11.3 Å². The molecule has 0 bridgehead atoms. The van der Waals surface area contributed by atoms with Crippen molar-refractivity contribution in [1.82, 2.24) is 10.0 Å². The summed E-state index contributed by atoms with van der Waals surface area (Å²) in [4.78, 5) is 21.3. The molecule has 0 aliphatic carbocycles. The van der Waals surface area contributed by atoms with Crippen LogP contribution in [-0.4, -0.2) is 35.3 Å². The Morgan fingerprint density at radius 1 is 1.42 bits per heavy atom. The van der Waals surface area contributed by atoms with Crippen LogP contribution in [0.1, 0.15) is 0 Å². The molecular formula is C14H11BrCl2N2O4S. The van der Waals surface area contributed by atoms with E-state index >= 15 is 0 Å². The number of benzene rings is 1. The average molecular weight is 454 g/mol. The van der Waals surface area contributed by atoms with Crippen molar-refractivity contribution in [2.24, 2.45) is 0 Å². The number of aliphatic hydroxyl groups excluding tert-OH is 1. The molecule has 1 aromatic carbocycles. The summed E-state index contributed by atoms with van der Waals surface area (Å²) in [6, 6.07) is 5.13. The number of aliphatic hydroxyl groups is 1. The van der Waals surface area contributed by atoms with Gasteiger partial charge in [0.05, 0.1) is 22.8 Å². The van der Waals surface area contributed by atoms with Gasteiger partial charge in [-0.3, -0.25) is 0 Å². The second kappa shape index (κ2) is 8.06. The van der Waals surface area contributed by atoms with Crippen LogP contribution in [0.2, 0.25) is 10.0 Å². The smallest absolute Gasteiger partial charge is 0.360 e. The van der Waals surface area contributed by atoms with E-state index in [1.807, 2.05) is 0 Å². The molecule has 24 heavy (non-hydrogen) atoms. The molecule has 1 aromatic heterocycles. The van der Waals surface area contributed by atoms with Gasteiger partial charge in [0, 0.05) is 12.6 Å². The van der Waals surface area contributed by atoms with Crippen molar-refractivity contribution in [1.29, 1.82) is 0 Å². The first-order valence-electron chi connectivity index (χ1n) is 6.33. The third-order valence-electron chi connectivity index (χ3n) is 2.83. The predicted molar refractivity (Wildman–Crippen MR) is 96.4 cm³/mol. The number of esters is 1. The number of thiazole rings is 1. The molecule has 0 aliphatic rings. The number of carbonyl (C=O) groups excluding carboxylic acids is 1. The van der Waals surface area contributed by atoms with Crippen LogP contribution in [0.4, 0.5) is 0 Å². The van der Waals surface area contributed by atoms with E-state index in [0.717, 1.165) is 10.6 Å². The lowest BCUT2D eigenvalue weighted by Crippen LogP contribution is -2.27. The molecule has 0 unspecified atom stereocenters. The van der Waals surface area contributed by atoms with Gasteiger partial charge in [0.15, 0.2) is 5.70 Å². The Morgan fingerprint density at radius 3 is 2.71 bits per heavy atom. The van der Waals surface area contributed by atoms with E-state index in [4.69, 9.17) is 33.1 Å². The molecule has 2 aromatic rings. The number of hydrogen-bond acceptors (Lipinski definition) is 7. The fraction of sp³-hybridized carbons (Fsp3) is 0.143. The van der Waals surface area contributed by atoms with Gasteiger partial charge in [-0.2, -0.15) is 10.0 Å². The minimum absolute atomic E-state index is 0.181. The number of methoxy groups -OCH3 is 1. The fourth-order valence-corrected chi connectivity index (χ4v) is 3.41. The maximum Gasteiger partial charge on any atom is 0.360 e. The monoisotopic (exact) mass is 452 g/mol. The van der Waals surface area contributed by atoms with Gasteiger partial charge in [-0.15, -0.1) is 0 Å².